The summed E-state index contributed by atoms with van der Waals surface area (Å²) in [6.07, 6.45) is 9.05. The first-order valence-electron chi connectivity index (χ1n) is 26.1. The molecule has 72 heavy (non-hydrogen) atoms. The van der Waals surface area contributed by atoms with Crippen LogP contribution in [-0.2, 0) is 21.7 Å². The summed E-state index contributed by atoms with van der Waals surface area (Å²) in [6.45, 7) is 22.4. The number of benzene rings is 7. The van der Waals surface area contributed by atoms with E-state index in [1.807, 2.05) is 24.3 Å². The molecule has 8 nitrogen and oxygen atoms in total. The number of fused-ring (bicyclic) bond motifs is 2. The molecule has 0 aliphatic carbocycles. The Morgan fingerprint density at radius 2 is 0.722 bits per heavy atom. The third-order valence-corrected chi connectivity index (χ3v) is 15.6. The normalized spacial score (nSPS) is 12.6. The smallest absolute Gasteiger partial charge is 0.147 e. The largest absolute Gasteiger partial charge is 0.505 e. The Morgan fingerprint density at radius 1 is 0.375 bits per heavy atom. The highest BCUT2D eigenvalue weighted by Crippen LogP contribution is 2.46. The van der Waals surface area contributed by atoms with Crippen LogP contribution in [0.15, 0.2) is 146 Å². The minimum atomic E-state index is -0.474. The van der Waals surface area contributed by atoms with Crippen molar-refractivity contribution in [2.45, 2.75) is 142 Å². The third kappa shape index (κ3) is 9.80. The van der Waals surface area contributed by atoms with Crippen LogP contribution in [-0.4, -0.2) is 40.2 Å². The third-order valence-electron chi connectivity index (χ3n) is 15.6. The van der Waals surface area contributed by atoms with Gasteiger partial charge in [0.05, 0.1) is 0 Å². The molecular weight excluding hydrogens is 885 g/mol. The number of aromatic nitrogens is 6. The number of phenolic OH excluding ortho intramolecular Hbond substituents is 2. The van der Waals surface area contributed by atoms with Crippen LogP contribution in [0.3, 0.4) is 0 Å². The monoisotopic (exact) mass is 957 g/mol. The fourth-order valence-corrected chi connectivity index (χ4v) is 10.5. The fourth-order valence-electron chi connectivity index (χ4n) is 10.5. The predicted octanol–water partition coefficient (Wildman–Crippen LogP) is 16.3. The molecule has 9 rings (SSSR count). The lowest BCUT2D eigenvalue weighted by atomic mass is 9.73. The van der Waals surface area contributed by atoms with Gasteiger partial charge in [-0.15, -0.1) is 30.0 Å². The molecule has 370 valence electrons. The van der Waals surface area contributed by atoms with Gasteiger partial charge in [-0.3, -0.25) is 0 Å². The highest BCUT2D eigenvalue weighted by atomic mass is 16.3. The molecule has 8 heteroatoms. The van der Waals surface area contributed by atoms with Gasteiger partial charge < -0.3 is 10.2 Å². The number of nitrogens with zero attached hydrogens (tertiary/aromatic N) is 6. The van der Waals surface area contributed by atoms with Gasteiger partial charge in [-0.1, -0.05) is 217 Å². The molecule has 7 aromatic carbocycles. The van der Waals surface area contributed by atoms with E-state index >= 15 is 0 Å². The van der Waals surface area contributed by atoms with E-state index in [0.717, 1.165) is 116 Å². The SMILES string of the molecule is CCCCCC(C)(C)c1cc(-n2nc3ccc(-c4ccc(-c5ccc6nn(-c7cc(C(C)(C)CCCCC)cc(C(C)(C)c8ccccc8)c7O)nc6c5)cc4)cc3n2)c(O)c(C(C)(C)c2ccccc2)c1. The molecule has 2 aromatic heterocycles. The first-order valence-corrected chi connectivity index (χ1v) is 26.1. The zero-order chi connectivity index (χ0) is 51.0. The minimum absolute atomic E-state index is 0.123. The van der Waals surface area contributed by atoms with Crippen LogP contribution >= 0.6 is 0 Å². The lowest BCUT2D eigenvalue weighted by Crippen LogP contribution is -2.23. The van der Waals surface area contributed by atoms with Gasteiger partial charge in [0.2, 0.25) is 0 Å². The average Bonchev–Trinajstić information content (AvgIpc) is 4.01. The summed E-state index contributed by atoms with van der Waals surface area (Å²) in [5, 5.41) is 44.3. The Hall–Kier alpha value is -7.06. The van der Waals surface area contributed by atoms with E-state index in [-0.39, 0.29) is 22.3 Å². The maximum Gasteiger partial charge on any atom is 0.147 e. The van der Waals surface area contributed by atoms with Crippen molar-refractivity contribution in [1.29, 1.82) is 0 Å². The van der Waals surface area contributed by atoms with E-state index < -0.39 is 10.8 Å². The van der Waals surface area contributed by atoms with Crippen molar-refractivity contribution in [2.75, 3.05) is 0 Å². The minimum Gasteiger partial charge on any atom is -0.505 e. The molecule has 0 amide bonds. The molecule has 0 bridgehead atoms. The maximum absolute atomic E-state index is 12.2. The van der Waals surface area contributed by atoms with Gasteiger partial charge in [-0.05, 0) is 105 Å². The van der Waals surface area contributed by atoms with Gasteiger partial charge in [-0.2, -0.15) is 0 Å². The molecule has 0 fully saturated rings. The molecule has 2 N–H and O–H groups in total. The van der Waals surface area contributed by atoms with Crippen molar-refractivity contribution in [3.05, 3.63) is 179 Å². The van der Waals surface area contributed by atoms with E-state index in [0.29, 0.717) is 11.4 Å². The number of unbranched alkanes of at least 4 members (excludes halogenated alkanes) is 4. The highest BCUT2D eigenvalue weighted by molar-refractivity contribution is 5.84. The number of hydrogen-bond acceptors (Lipinski definition) is 6. The molecule has 0 unspecified atom stereocenters. The van der Waals surface area contributed by atoms with E-state index in [1.165, 1.54) is 12.8 Å². The van der Waals surface area contributed by atoms with Crippen molar-refractivity contribution >= 4 is 22.1 Å². The fraction of sp³-hybridized carbons (Fsp3) is 0.344. The molecule has 0 radical (unpaired) electrons. The van der Waals surface area contributed by atoms with Gasteiger partial charge >= 0.3 is 0 Å². The van der Waals surface area contributed by atoms with E-state index in [4.69, 9.17) is 20.4 Å². The lowest BCUT2D eigenvalue weighted by Gasteiger charge is -2.32. The summed E-state index contributed by atoms with van der Waals surface area (Å²) in [4.78, 5) is 3.24. The van der Waals surface area contributed by atoms with Crippen molar-refractivity contribution in [3.8, 4) is 45.1 Å². The molecule has 0 atom stereocenters. The standard InChI is InChI=1S/C64H72N6O2/c1-11-13-21-35-61(3,4)49-39-51(63(7,8)47-23-17-15-18-24-47)59(71)57(41-49)69-65-53-33-31-45(37-55(53)67-69)43-27-29-44(30-28-43)46-32-34-54-56(38-46)68-70(66-54)58-42-50(62(5,6)36-22-14-12-2)40-52(60(58)72)64(9,10)48-25-19-16-20-26-48/h15-20,23-34,37-42,71-72H,11-14,21-22,35-36H2,1-10H3. The van der Waals surface area contributed by atoms with Crippen molar-refractivity contribution in [3.63, 3.8) is 0 Å². The molecule has 0 saturated heterocycles. The van der Waals surface area contributed by atoms with Gasteiger partial charge in [0.25, 0.3) is 0 Å². The van der Waals surface area contributed by atoms with Crippen LogP contribution in [0.5, 0.6) is 11.5 Å². The van der Waals surface area contributed by atoms with Crippen LogP contribution in [0.25, 0.3) is 55.7 Å². The van der Waals surface area contributed by atoms with E-state index in [9.17, 15) is 10.2 Å². The Morgan fingerprint density at radius 3 is 1.08 bits per heavy atom. The second-order valence-corrected chi connectivity index (χ2v) is 22.4. The van der Waals surface area contributed by atoms with Gasteiger partial charge in [0, 0.05) is 22.0 Å². The van der Waals surface area contributed by atoms with Gasteiger partial charge in [0.15, 0.2) is 0 Å². The summed E-state index contributed by atoms with van der Waals surface area (Å²) in [6, 6.07) is 50.3. The maximum atomic E-state index is 12.2. The van der Waals surface area contributed by atoms with Crippen LogP contribution < -0.4 is 0 Å². The van der Waals surface area contributed by atoms with Crippen molar-refractivity contribution < 1.29 is 10.2 Å². The molecule has 0 aliphatic heterocycles. The zero-order valence-corrected chi connectivity index (χ0v) is 44.1. The van der Waals surface area contributed by atoms with Crippen LogP contribution in [0, 0.1) is 0 Å². The molecule has 2 heterocycles. The summed E-state index contributed by atoms with van der Waals surface area (Å²) < 4.78 is 0. The number of rotatable bonds is 18. The molecular formula is C64H72N6O2. The molecule has 0 saturated carbocycles. The first-order chi connectivity index (χ1) is 34.4. The Labute approximate surface area is 426 Å². The topological polar surface area (TPSA) is 102 Å². The van der Waals surface area contributed by atoms with Crippen molar-refractivity contribution in [1.82, 2.24) is 30.0 Å². The number of aromatic hydroxyl groups is 2. The highest BCUT2D eigenvalue weighted by Gasteiger charge is 2.34. The van der Waals surface area contributed by atoms with E-state index in [2.05, 4.69) is 191 Å². The second kappa shape index (κ2) is 19.9. The lowest BCUT2D eigenvalue weighted by molar-refractivity contribution is 0.432. The average molecular weight is 957 g/mol. The van der Waals surface area contributed by atoms with Gasteiger partial charge in [-0.25, -0.2) is 0 Å². The number of phenols is 2. The summed E-state index contributed by atoms with van der Waals surface area (Å²) in [5.74, 6) is 0.380. The van der Waals surface area contributed by atoms with Crippen LogP contribution in [0.2, 0.25) is 0 Å². The zero-order valence-electron chi connectivity index (χ0n) is 44.1. The Kier molecular flexibility index (Phi) is 13.8. The summed E-state index contributed by atoms with van der Waals surface area (Å²) in [7, 11) is 0. The van der Waals surface area contributed by atoms with Crippen molar-refractivity contribution in [2.24, 2.45) is 0 Å². The molecule has 9 aromatic rings. The Balaban J connectivity index is 1.02. The Bertz CT molecular complexity index is 3120. The number of hydrogen-bond donors (Lipinski definition) is 2. The first kappa shape index (κ1) is 49.9. The summed E-state index contributed by atoms with van der Waals surface area (Å²) in [5.41, 5.74) is 13.4. The van der Waals surface area contributed by atoms with E-state index in [1.54, 1.807) is 9.59 Å². The molecule has 0 spiro atoms. The molecule has 0 aliphatic rings. The predicted molar refractivity (Wildman–Crippen MR) is 297 cm³/mol. The second-order valence-electron chi connectivity index (χ2n) is 22.4. The van der Waals surface area contributed by atoms with Crippen LogP contribution in [0.4, 0.5) is 0 Å². The van der Waals surface area contributed by atoms with Crippen LogP contribution in [0.1, 0.15) is 154 Å². The van der Waals surface area contributed by atoms with Gasteiger partial charge in [0.1, 0.15) is 44.9 Å². The summed E-state index contributed by atoms with van der Waals surface area (Å²) >= 11 is 0. The quantitative estimate of drug-likeness (QED) is 0.0831.